The van der Waals surface area contributed by atoms with E-state index < -0.39 is 47.6 Å². The van der Waals surface area contributed by atoms with E-state index in [0.717, 1.165) is 102 Å². The quantitative estimate of drug-likeness (QED) is 0.0332. The highest BCUT2D eigenvalue weighted by Crippen LogP contribution is 2.54. The maximum atomic E-state index is 13.7. The van der Waals surface area contributed by atoms with E-state index in [2.05, 4.69) is 33.4 Å². The molecule has 4 N–H and O–H groups in total. The number of carbonyl (C=O) groups excluding carboxylic acids is 9. The number of methoxy groups -OCH3 is 10. The fourth-order valence-electron chi connectivity index (χ4n) is 18.9. The number of carbonyl (C=O) groups is 9. The molecule has 0 radical (unpaired) electrons. The third-order valence-electron chi connectivity index (χ3n) is 24.4. The van der Waals surface area contributed by atoms with E-state index >= 15 is 0 Å². The zero-order valence-electron chi connectivity index (χ0n) is 73.7. The molecule has 0 bridgehead atoms. The van der Waals surface area contributed by atoms with Crippen LogP contribution >= 0.6 is 11.3 Å². The molecule has 8 unspecified atom stereocenters. The first-order valence-electron chi connectivity index (χ1n) is 41.8. The van der Waals surface area contributed by atoms with Gasteiger partial charge in [-0.15, -0.1) is 11.3 Å². The van der Waals surface area contributed by atoms with Crippen molar-refractivity contribution in [3.63, 3.8) is 0 Å². The molecule has 4 aliphatic carbocycles. The van der Waals surface area contributed by atoms with Gasteiger partial charge >= 0.3 is 29.8 Å². The summed E-state index contributed by atoms with van der Waals surface area (Å²) in [6, 6.07) is 57.2. The van der Waals surface area contributed by atoms with Crippen LogP contribution in [0.3, 0.4) is 0 Å². The lowest BCUT2D eigenvalue weighted by molar-refractivity contribution is -0.137. The van der Waals surface area contributed by atoms with Crippen LogP contribution < -0.4 is 54.4 Å². The second-order valence-electron chi connectivity index (χ2n) is 31.7. The molecule has 0 saturated carbocycles. The van der Waals surface area contributed by atoms with Gasteiger partial charge in [-0.3, -0.25) is 24.0 Å². The molecule has 25 heteroatoms. The number of allylic oxidation sites excluding steroid dienone is 12. The zero-order chi connectivity index (χ0) is 90.6. The molecule has 7 aromatic carbocycles. The Morgan fingerprint density at radius 1 is 0.307 bits per heavy atom. The van der Waals surface area contributed by atoms with Crippen molar-refractivity contribution in [3.8, 4) is 40.2 Å². The fourth-order valence-corrected chi connectivity index (χ4v) is 19.7. The van der Waals surface area contributed by atoms with E-state index in [1.807, 2.05) is 173 Å². The Kier molecular flexibility index (Phi) is 28.9. The molecule has 0 amide bonds. The molecule has 127 heavy (non-hydrogen) atoms. The molecule has 16 rings (SSSR count). The molecule has 0 saturated heterocycles. The first kappa shape index (κ1) is 90.9. The number of Topliss-reactive ketones (excluding diaryl/α,β-unsaturated/α-hetero) is 4. The number of rotatable bonds is 19. The maximum absolute atomic E-state index is 13.7. The number of nitrogens with one attached hydrogen (secondary N) is 4. The molecule has 4 aliphatic heterocycles. The van der Waals surface area contributed by atoms with Gasteiger partial charge < -0.3 is 73.4 Å². The van der Waals surface area contributed by atoms with Crippen LogP contribution in [0.2, 0.25) is 0 Å². The van der Waals surface area contributed by atoms with Gasteiger partial charge in [-0.1, -0.05) is 127 Å². The molecule has 658 valence electrons. The summed E-state index contributed by atoms with van der Waals surface area (Å²) in [5.74, 6) is 0.237. The van der Waals surface area contributed by atoms with E-state index in [1.165, 1.54) is 35.4 Å². The van der Waals surface area contributed by atoms with Crippen molar-refractivity contribution in [2.45, 2.75) is 133 Å². The van der Waals surface area contributed by atoms with Gasteiger partial charge in [0.1, 0.15) is 28.7 Å². The van der Waals surface area contributed by atoms with Crippen LogP contribution in [0.1, 0.15) is 177 Å². The highest BCUT2D eigenvalue weighted by Gasteiger charge is 2.48. The van der Waals surface area contributed by atoms with E-state index in [9.17, 15) is 43.2 Å². The lowest BCUT2D eigenvalue weighted by Crippen LogP contribution is -2.36. The largest absolute Gasteiger partial charge is 0.497 e. The molecule has 1 aromatic heterocycles. The molecular formula is C102H104N4O20S. The average molecular weight is 1740 g/mol. The minimum Gasteiger partial charge on any atom is -0.497 e. The van der Waals surface area contributed by atoms with Crippen molar-refractivity contribution in [2.24, 2.45) is 0 Å². The average Bonchev–Trinajstić information content (AvgIpc) is 1.36. The van der Waals surface area contributed by atoms with Crippen LogP contribution in [0.4, 0.5) is 0 Å². The number of ketones is 4. The summed E-state index contributed by atoms with van der Waals surface area (Å²) in [4.78, 5) is 117. The van der Waals surface area contributed by atoms with Crippen LogP contribution in [0, 0.1) is 0 Å². The Hall–Kier alpha value is -13.8. The summed E-state index contributed by atoms with van der Waals surface area (Å²) < 4.78 is 58.5. The van der Waals surface area contributed by atoms with Gasteiger partial charge in [-0.05, 0) is 153 Å². The van der Waals surface area contributed by atoms with Gasteiger partial charge in [0, 0.05) is 141 Å². The molecular weight excluding hydrogens is 1630 g/mol. The number of thiophene rings is 1. The first-order valence-corrected chi connectivity index (χ1v) is 42.6. The minimum atomic E-state index is -0.639. The van der Waals surface area contributed by atoms with E-state index in [-0.39, 0.29) is 52.7 Å². The molecule has 5 heterocycles. The van der Waals surface area contributed by atoms with Crippen LogP contribution in [0.5, 0.6) is 40.2 Å². The number of ether oxygens (including phenoxy) is 11. The highest BCUT2D eigenvalue weighted by molar-refractivity contribution is 7.10. The normalized spacial score (nSPS) is 20.5. The van der Waals surface area contributed by atoms with Gasteiger partial charge in [-0.2, -0.15) is 0 Å². The minimum absolute atomic E-state index is 0.0290. The number of hydrogen-bond donors (Lipinski definition) is 4. The van der Waals surface area contributed by atoms with Crippen molar-refractivity contribution < 1.29 is 95.3 Å². The monoisotopic (exact) mass is 1740 g/mol. The summed E-state index contributed by atoms with van der Waals surface area (Å²) in [5, 5.41) is 15.3. The molecule has 24 nitrogen and oxygen atoms in total. The molecule has 0 fully saturated rings. The number of benzene rings is 7. The van der Waals surface area contributed by atoms with Crippen molar-refractivity contribution in [1.82, 2.24) is 21.3 Å². The predicted molar refractivity (Wildman–Crippen MR) is 478 cm³/mol. The molecule has 8 aromatic rings. The van der Waals surface area contributed by atoms with Gasteiger partial charge in [-0.25, -0.2) is 19.2 Å². The number of hydrogen-bond acceptors (Lipinski definition) is 25. The van der Waals surface area contributed by atoms with Crippen molar-refractivity contribution in [2.75, 3.05) is 71.1 Å². The summed E-state index contributed by atoms with van der Waals surface area (Å²) >= 11 is 1.55. The summed E-state index contributed by atoms with van der Waals surface area (Å²) in [6.07, 6.45) is 4.04. The maximum Gasteiger partial charge on any atom is 0.336 e. The van der Waals surface area contributed by atoms with E-state index in [0.29, 0.717) is 124 Å². The van der Waals surface area contributed by atoms with Gasteiger partial charge in [0.05, 0.1) is 105 Å². The topological polar surface area (TPSA) is 303 Å². The van der Waals surface area contributed by atoms with Gasteiger partial charge in [0.15, 0.2) is 34.6 Å². The zero-order valence-corrected chi connectivity index (χ0v) is 74.6. The lowest BCUT2D eigenvalue weighted by Gasteiger charge is -2.37. The SMILES string of the molecule is COC(=O)C1=C(C)NC2=C(C(=O)CC(c3ccccc3)C2)C1c1ccc(OC)cc1.COC(=O)C1=C(C)NC2=C(C(=O)CC(c3ccccc3OC)C2)C1c1ccc(OC(C)=O)cc1.COC(=O)C1=C(C)NC2=C(C(=O)CC(c3ccccc3OC)C2)C1c1cccc(OC)c1OC.COC(=O)C1=C(C)NC2=C(C(=O)CC(c3ccccc3OC)C2)C1c1cccs1. The van der Waals surface area contributed by atoms with E-state index in [4.69, 9.17) is 52.1 Å². The van der Waals surface area contributed by atoms with Crippen molar-refractivity contribution in [1.29, 1.82) is 0 Å². The highest BCUT2D eigenvalue weighted by atomic mass is 32.1. The fraction of sp³-hybridized carbons (Fsp3) is 0.304. The Balaban J connectivity index is 0.000000145. The Labute approximate surface area is 742 Å². The Morgan fingerprint density at radius 3 is 1.00 bits per heavy atom. The third kappa shape index (κ3) is 18.9. The second kappa shape index (κ2) is 40.4. The van der Waals surface area contributed by atoms with Crippen molar-refractivity contribution >= 4 is 64.3 Å². The first-order chi connectivity index (χ1) is 61.3. The number of esters is 5. The molecule has 0 spiro atoms. The Morgan fingerprint density at radius 2 is 0.638 bits per heavy atom. The molecule has 8 aliphatic rings. The van der Waals surface area contributed by atoms with Crippen molar-refractivity contribution in [3.05, 3.63) is 321 Å². The number of dihydropyridines is 4. The summed E-state index contributed by atoms with van der Waals surface area (Å²) in [6.45, 7) is 8.70. The van der Waals surface area contributed by atoms with Crippen LogP contribution in [-0.4, -0.2) is 124 Å². The predicted octanol–water partition coefficient (Wildman–Crippen LogP) is 16.9. The lowest BCUT2D eigenvalue weighted by atomic mass is 9.71. The van der Waals surface area contributed by atoms with Crippen LogP contribution in [0.15, 0.2) is 278 Å². The van der Waals surface area contributed by atoms with Gasteiger partial charge in [0.25, 0.3) is 0 Å². The van der Waals surface area contributed by atoms with Crippen LogP contribution in [0.25, 0.3) is 0 Å². The van der Waals surface area contributed by atoms with E-state index in [1.54, 1.807) is 84.3 Å². The summed E-state index contributed by atoms with van der Waals surface area (Å²) in [7, 11) is 15.0. The standard InChI is InChI=1S/C27H29NO6.C27H27NO6.C25H25NO4.C23H23NO4S/c1-15-23(27(30)34-5)24(18-10-8-12-22(32-3)26(18)33-4)25-19(28-15)13-16(14-20(25)29)17-9-6-7-11-21(17)31-2;1-15-24(27(31)33-4)25(17-9-11-19(12-10-17)34-16(2)29)26-21(28-15)13-18(14-22(26)30)20-7-5-6-8-23(20)32-3;1-15-22(25(28)30-3)23(17-9-11-19(29-2)12-10-17)24-20(26-15)13-18(14-21(24)27)16-7-5-4-6-8-16;1-13-20(23(26)28-3)22(19-9-6-10-29-19)21-16(24-13)11-14(12-17(21)25)15-7-4-5-8-18(15)27-2/h6-12,16,24,28H,13-14H2,1-5H3;5-12,18,25,28H,13-14H2,1-4H3;4-12,18,23,26H,13-14H2,1-3H3;4-10,14,22,24H,11-12H2,1-3H3. The van der Waals surface area contributed by atoms with Crippen LogP contribution in [-0.2, 0) is 62.1 Å². The smallest absolute Gasteiger partial charge is 0.336 e. The van der Waals surface area contributed by atoms with Gasteiger partial charge in [0.2, 0.25) is 0 Å². The third-order valence-corrected chi connectivity index (χ3v) is 25.4. The number of para-hydroxylation sites is 4. The Bertz CT molecular complexity index is 5890. The second-order valence-corrected chi connectivity index (χ2v) is 32.7. The molecule has 8 atom stereocenters. The summed E-state index contributed by atoms with van der Waals surface area (Å²) in [5.41, 5.74) is 16.8.